The van der Waals surface area contributed by atoms with Gasteiger partial charge in [-0.1, -0.05) is 37.1 Å². The molecule has 1 aromatic carbocycles. The highest BCUT2D eigenvalue weighted by molar-refractivity contribution is 5.98. The van der Waals surface area contributed by atoms with Crippen molar-refractivity contribution in [2.75, 3.05) is 19.0 Å². The summed E-state index contributed by atoms with van der Waals surface area (Å²) < 4.78 is 0. The van der Waals surface area contributed by atoms with E-state index >= 15 is 0 Å². The molecule has 1 saturated heterocycles. The zero-order chi connectivity index (χ0) is 21.1. The van der Waals surface area contributed by atoms with Gasteiger partial charge in [0.05, 0.1) is 0 Å². The number of pyridine rings is 1. The molecule has 0 radical (unpaired) electrons. The molecule has 1 saturated carbocycles. The van der Waals surface area contributed by atoms with E-state index in [0.29, 0.717) is 18.0 Å². The van der Waals surface area contributed by atoms with Crippen molar-refractivity contribution in [1.29, 1.82) is 0 Å². The first-order chi connectivity index (χ1) is 14.6. The number of likely N-dealkylation sites (tertiary alicyclic amines) is 1. The van der Waals surface area contributed by atoms with Gasteiger partial charge in [0.2, 0.25) is 5.91 Å². The fourth-order valence-electron chi connectivity index (χ4n) is 4.99. The average molecular weight is 407 g/mol. The maximum absolute atomic E-state index is 13.4. The maximum atomic E-state index is 13.4. The Bertz CT molecular complexity index is 899. The van der Waals surface area contributed by atoms with Gasteiger partial charge in [-0.05, 0) is 43.4 Å². The predicted octanol–water partition coefficient (Wildman–Crippen LogP) is 3.24. The van der Waals surface area contributed by atoms with Gasteiger partial charge in [0.25, 0.3) is 5.91 Å². The van der Waals surface area contributed by atoms with Crippen LogP contribution in [0.5, 0.6) is 0 Å². The van der Waals surface area contributed by atoms with E-state index in [2.05, 4.69) is 10.3 Å². The van der Waals surface area contributed by atoms with Crippen LogP contribution in [0.25, 0.3) is 0 Å². The number of amides is 2. The number of anilines is 1. The number of carbonyl (C=O) groups excluding carboxylic acids is 2. The number of nitrogens with zero attached hydrogens (tertiary/aromatic N) is 3. The lowest BCUT2D eigenvalue weighted by Gasteiger charge is -2.33. The molecular weight excluding hydrogens is 376 g/mol. The smallest absolute Gasteiger partial charge is 0.254 e. The molecule has 3 unspecified atom stereocenters. The maximum Gasteiger partial charge on any atom is 0.254 e. The Morgan fingerprint density at radius 2 is 1.87 bits per heavy atom. The van der Waals surface area contributed by atoms with Crippen molar-refractivity contribution in [2.24, 2.45) is 5.92 Å². The standard InChI is InChI=1S/C24H30N4O2/c1-27(2)22-19(12-8-14-25-22)16-26-23(29)21-15-18-11-6-7-13-20(18)28(21)24(30)17-9-4-3-5-10-17/h3-5,8-10,12,14,18,20-21H,6-7,11,13,15-16H2,1-2H3,(H,26,29). The van der Waals surface area contributed by atoms with E-state index in [1.165, 1.54) is 6.42 Å². The first-order valence-electron chi connectivity index (χ1n) is 10.8. The van der Waals surface area contributed by atoms with Gasteiger partial charge in [-0.15, -0.1) is 0 Å². The van der Waals surface area contributed by atoms with Gasteiger partial charge >= 0.3 is 0 Å². The molecule has 0 bridgehead atoms. The van der Waals surface area contributed by atoms with Gasteiger partial charge in [-0.3, -0.25) is 9.59 Å². The highest BCUT2D eigenvalue weighted by Gasteiger charge is 2.47. The predicted molar refractivity (Wildman–Crippen MR) is 117 cm³/mol. The number of benzene rings is 1. The SMILES string of the molecule is CN(C)c1ncccc1CNC(=O)C1CC2CCCCC2N1C(=O)c1ccccc1. The molecule has 2 fully saturated rings. The van der Waals surface area contributed by atoms with Crippen LogP contribution in [0.3, 0.4) is 0 Å². The zero-order valence-corrected chi connectivity index (χ0v) is 17.8. The van der Waals surface area contributed by atoms with Crippen LogP contribution >= 0.6 is 0 Å². The van der Waals surface area contributed by atoms with Crippen LogP contribution < -0.4 is 10.2 Å². The monoisotopic (exact) mass is 406 g/mol. The van der Waals surface area contributed by atoms with Gasteiger partial charge in [-0.25, -0.2) is 4.98 Å². The van der Waals surface area contributed by atoms with Crippen LogP contribution in [0.15, 0.2) is 48.7 Å². The Morgan fingerprint density at radius 3 is 2.63 bits per heavy atom. The van der Waals surface area contributed by atoms with Crippen molar-refractivity contribution in [2.45, 2.75) is 50.7 Å². The highest BCUT2D eigenvalue weighted by atomic mass is 16.2. The van der Waals surface area contributed by atoms with Crippen LogP contribution in [0, 0.1) is 5.92 Å². The number of fused-ring (bicyclic) bond motifs is 1. The van der Waals surface area contributed by atoms with Gasteiger partial charge in [0, 0.05) is 44.0 Å². The molecule has 6 heteroatoms. The second-order valence-electron chi connectivity index (χ2n) is 8.54. The quantitative estimate of drug-likeness (QED) is 0.828. The van der Waals surface area contributed by atoms with Crippen LogP contribution in [-0.4, -0.2) is 47.9 Å². The third-order valence-electron chi connectivity index (χ3n) is 6.39. The van der Waals surface area contributed by atoms with E-state index < -0.39 is 6.04 Å². The molecule has 2 amide bonds. The molecule has 1 aliphatic heterocycles. The minimum Gasteiger partial charge on any atom is -0.362 e. The first-order valence-corrected chi connectivity index (χ1v) is 10.8. The average Bonchev–Trinajstić information content (AvgIpc) is 3.17. The second-order valence-corrected chi connectivity index (χ2v) is 8.54. The van der Waals surface area contributed by atoms with Gasteiger partial charge in [0.1, 0.15) is 11.9 Å². The summed E-state index contributed by atoms with van der Waals surface area (Å²) in [6.07, 6.45) is 6.90. The van der Waals surface area contributed by atoms with Crippen molar-refractivity contribution in [3.8, 4) is 0 Å². The molecule has 1 N–H and O–H groups in total. The minimum atomic E-state index is -0.412. The van der Waals surface area contributed by atoms with E-state index in [-0.39, 0.29) is 17.9 Å². The Kier molecular flexibility index (Phi) is 6.02. The Labute approximate surface area is 178 Å². The number of aromatic nitrogens is 1. The molecule has 158 valence electrons. The summed E-state index contributed by atoms with van der Waals surface area (Å²) in [7, 11) is 3.88. The third-order valence-corrected chi connectivity index (χ3v) is 6.39. The summed E-state index contributed by atoms with van der Waals surface area (Å²) in [4.78, 5) is 34.8. The molecule has 2 aliphatic rings. The Morgan fingerprint density at radius 1 is 1.10 bits per heavy atom. The molecular formula is C24H30N4O2. The fourth-order valence-corrected chi connectivity index (χ4v) is 4.99. The molecule has 2 aromatic rings. The van der Waals surface area contributed by atoms with Crippen molar-refractivity contribution in [3.63, 3.8) is 0 Å². The van der Waals surface area contributed by atoms with E-state index in [1.807, 2.05) is 66.4 Å². The van der Waals surface area contributed by atoms with E-state index in [9.17, 15) is 9.59 Å². The van der Waals surface area contributed by atoms with Crippen molar-refractivity contribution in [3.05, 3.63) is 59.8 Å². The van der Waals surface area contributed by atoms with Crippen LogP contribution in [0.4, 0.5) is 5.82 Å². The molecule has 4 rings (SSSR count). The van der Waals surface area contributed by atoms with E-state index in [4.69, 9.17) is 0 Å². The summed E-state index contributed by atoms with van der Waals surface area (Å²) in [6.45, 7) is 0.402. The molecule has 1 aromatic heterocycles. The number of rotatable bonds is 5. The molecule has 0 spiro atoms. The summed E-state index contributed by atoms with van der Waals surface area (Å²) in [5.74, 6) is 1.16. The second kappa shape index (κ2) is 8.86. The molecule has 3 atom stereocenters. The summed E-state index contributed by atoms with van der Waals surface area (Å²) in [5, 5.41) is 3.08. The highest BCUT2D eigenvalue weighted by Crippen LogP contribution is 2.40. The van der Waals surface area contributed by atoms with Gasteiger partial charge < -0.3 is 15.1 Å². The number of hydrogen-bond acceptors (Lipinski definition) is 4. The lowest BCUT2D eigenvalue weighted by atomic mass is 9.84. The Balaban J connectivity index is 1.53. The van der Waals surface area contributed by atoms with Crippen molar-refractivity contribution in [1.82, 2.24) is 15.2 Å². The van der Waals surface area contributed by atoms with Crippen molar-refractivity contribution >= 4 is 17.6 Å². The van der Waals surface area contributed by atoms with E-state index in [1.54, 1.807) is 6.20 Å². The molecule has 2 heterocycles. The number of carbonyl (C=O) groups is 2. The Hall–Kier alpha value is -2.89. The summed E-state index contributed by atoms with van der Waals surface area (Å²) in [5.41, 5.74) is 1.62. The fraction of sp³-hybridized carbons (Fsp3) is 0.458. The topological polar surface area (TPSA) is 65.5 Å². The van der Waals surface area contributed by atoms with Gasteiger partial charge in [0.15, 0.2) is 0 Å². The normalized spacial score (nSPS) is 23.0. The van der Waals surface area contributed by atoms with Crippen LogP contribution in [0.1, 0.15) is 48.0 Å². The van der Waals surface area contributed by atoms with Crippen molar-refractivity contribution < 1.29 is 9.59 Å². The lowest BCUT2D eigenvalue weighted by molar-refractivity contribution is -0.125. The first kappa shape index (κ1) is 20.4. The third kappa shape index (κ3) is 4.04. The summed E-state index contributed by atoms with van der Waals surface area (Å²) in [6, 6.07) is 12.9. The van der Waals surface area contributed by atoms with Crippen LogP contribution in [0.2, 0.25) is 0 Å². The van der Waals surface area contributed by atoms with Gasteiger partial charge in [-0.2, -0.15) is 0 Å². The molecule has 30 heavy (non-hydrogen) atoms. The largest absolute Gasteiger partial charge is 0.362 e. The van der Waals surface area contributed by atoms with E-state index in [0.717, 1.165) is 37.1 Å². The molecule has 1 aliphatic carbocycles. The zero-order valence-electron chi connectivity index (χ0n) is 17.8. The number of nitrogens with one attached hydrogen (secondary N) is 1. The molecule has 6 nitrogen and oxygen atoms in total. The number of hydrogen-bond donors (Lipinski definition) is 1. The lowest BCUT2D eigenvalue weighted by Crippen LogP contribution is -2.49. The van der Waals surface area contributed by atoms with Crippen LogP contribution in [-0.2, 0) is 11.3 Å². The summed E-state index contributed by atoms with van der Waals surface area (Å²) >= 11 is 0. The minimum absolute atomic E-state index is 0.0273.